The summed E-state index contributed by atoms with van der Waals surface area (Å²) in [4.78, 5) is 16.6. The summed E-state index contributed by atoms with van der Waals surface area (Å²) in [5.41, 5.74) is 1.19. The lowest BCUT2D eigenvalue weighted by Crippen LogP contribution is -2.51. The molecular weight excluding hydrogens is 252 g/mol. The fourth-order valence-corrected chi connectivity index (χ4v) is 2.41. The zero-order valence-corrected chi connectivity index (χ0v) is 12.6. The van der Waals surface area contributed by atoms with Crippen molar-refractivity contribution < 1.29 is 9.53 Å². The van der Waals surface area contributed by atoms with Gasteiger partial charge in [-0.05, 0) is 32.5 Å². The van der Waals surface area contributed by atoms with E-state index in [2.05, 4.69) is 11.8 Å². The lowest BCUT2D eigenvalue weighted by Gasteiger charge is -2.35. The molecule has 1 fully saturated rings. The summed E-state index contributed by atoms with van der Waals surface area (Å²) in [5, 5.41) is 0. The normalized spacial score (nSPS) is 17.9. The fourth-order valence-electron chi connectivity index (χ4n) is 2.41. The summed E-state index contributed by atoms with van der Waals surface area (Å²) in [7, 11) is 0. The van der Waals surface area contributed by atoms with Crippen LogP contribution in [0.2, 0.25) is 0 Å². The van der Waals surface area contributed by atoms with Crippen LogP contribution in [0.5, 0.6) is 5.75 Å². The van der Waals surface area contributed by atoms with Crippen LogP contribution in [-0.2, 0) is 4.79 Å². The van der Waals surface area contributed by atoms with Gasteiger partial charge < -0.3 is 14.5 Å². The van der Waals surface area contributed by atoms with Crippen LogP contribution in [0.1, 0.15) is 19.4 Å². The van der Waals surface area contributed by atoms with Crippen molar-refractivity contribution in [3.63, 3.8) is 0 Å². The van der Waals surface area contributed by atoms with Crippen LogP contribution < -0.4 is 4.74 Å². The van der Waals surface area contributed by atoms with Crippen molar-refractivity contribution in [1.29, 1.82) is 0 Å². The molecule has 0 aromatic heterocycles. The monoisotopic (exact) mass is 276 g/mol. The molecule has 0 aliphatic carbocycles. The second-order valence-corrected chi connectivity index (χ2v) is 5.33. The van der Waals surface area contributed by atoms with Gasteiger partial charge in [0.25, 0.3) is 5.91 Å². The number of piperazine rings is 1. The number of nitrogens with zero attached hydrogens (tertiary/aromatic N) is 2. The van der Waals surface area contributed by atoms with Crippen LogP contribution in [0.4, 0.5) is 0 Å². The molecule has 1 saturated heterocycles. The number of hydrogen-bond donors (Lipinski definition) is 0. The smallest absolute Gasteiger partial charge is 0.263 e. The maximum atomic E-state index is 12.3. The molecule has 0 bridgehead atoms. The van der Waals surface area contributed by atoms with Crippen molar-refractivity contribution in [2.24, 2.45) is 0 Å². The summed E-state index contributed by atoms with van der Waals surface area (Å²) in [5.74, 6) is 0.838. The third kappa shape index (κ3) is 3.73. The summed E-state index contributed by atoms with van der Waals surface area (Å²) in [6, 6.07) is 7.81. The lowest BCUT2D eigenvalue weighted by atomic mass is 10.2. The van der Waals surface area contributed by atoms with Crippen LogP contribution in [0, 0.1) is 6.92 Å². The van der Waals surface area contributed by atoms with Crippen LogP contribution in [-0.4, -0.2) is 54.5 Å². The minimum absolute atomic E-state index is 0.0846. The SMILES string of the molecule is CCN1CCN(C(=O)C(C)Oc2ccc(C)cc2)CC1. The van der Waals surface area contributed by atoms with Gasteiger partial charge in [0.1, 0.15) is 5.75 Å². The summed E-state index contributed by atoms with van der Waals surface area (Å²) >= 11 is 0. The molecule has 1 heterocycles. The van der Waals surface area contributed by atoms with Gasteiger partial charge in [-0.15, -0.1) is 0 Å². The average Bonchev–Trinajstić information content (AvgIpc) is 2.49. The van der Waals surface area contributed by atoms with Crippen LogP contribution in [0.3, 0.4) is 0 Å². The van der Waals surface area contributed by atoms with E-state index in [1.54, 1.807) is 0 Å². The Bertz CT molecular complexity index is 436. The summed E-state index contributed by atoms with van der Waals surface area (Å²) in [6.45, 7) is 10.6. The van der Waals surface area contributed by atoms with Gasteiger partial charge in [-0.2, -0.15) is 0 Å². The van der Waals surface area contributed by atoms with Gasteiger partial charge in [-0.1, -0.05) is 24.6 Å². The number of hydrogen-bond acceptors (Lipinski definition) is 3. The molecule has 1 aliphatic rings. The highest BCUT2D eigenvalue weighted by Gasteiger charge is 2.25. The van der Waals surface area contributed by atoms with Gasteiger partial charge in [-0.3, -0.25) is 4.79 Å². The molecule has 4 heteroatoms. The molecular formula is C16H24N2O2. The van der Waals surface area contributed by atoms with Crippen molar-refractivity contribution in [1.82, 2.24) is 9.80 Å². The fraction of sp³-hybridized carbons (Fsp3) is 0.562. The second kappa shape index (κ2) is 6.75. The molecule has 0 radical (unpaired) electrons. The molecule has 0 saturated carbocycles. The number of amides is 1. The first-order chi connectivity index (χ1) is 9.60. The topological polar surface area (TPSA) is 32.8 Å². The van der Waals surface area contributed by atoms with Crippen molar-refractivity contribution in [2.45, 2.75) is 26.9 Å². The van der Waals surface area contributed by atoms with Crippen molar-refractivity contribution in [3.05, 3.63) is 29.8 Å². The van der Waals surface area contributed by atoms with Gasteiger partial charge in [0.2, 0.25) is 0 Å². The quantitative estimate of drug-likeness (QED) is 0.842. The standard InChI is InChI=1S/C16H24N2O2/c1-4-17-9-11-18(12-10-17)16(19)14(3)20-15-7-5-13(2)6-8-15/h5-8,14H,4,9-12H2,1-3H3. The van der Waals surface area contributed by atoms with E-state index in [4.69, 9.17) is 4.74 Å². The van der Waals surface area contributed by atoms with E-state index in [9.17, 15) is 4.79 Å². The summed E-state index contributed by atoms with van der Waals surface area (Å²) in [6.07, 6.45) is -0.425. The molecule has 1 aromatic carbocycles. The van der Waals surface area contributed by atoms with E-state index >= 15 is 0 Å². The molecule has 1 unspecified atom stereocenters. The molecule has 1 amide bonds. The molecule has 1 aromatic rings. The van der Waals surface area contributed by atoms with E-state index in [0.717, 1.165) is 38.5 Å². The Morgan fingerprint density at radius 2 is 1.80 bits per heavy atom. The van der Waals surface area contributed by atoms with E-state index in [0.29, 0.717) is 0 Å². The minimum atomic E-state index is -0.425. The molecule has 1 aliphatic heterocycles. The maximum absolute atomic E-state index is 12.3. The van der Waals surface area contributed by atoms with Crippen molar-refractivity contribution in [3.8, 4) is 5.75 Å². The number of likely N-dealkylation sites (N-methyl/N-ethyl adjacent to an activating group) is 1. The van der Waals surface area contributed by atoms with Gasteiger partial charge in [-0.25, -0.2) is 0 Å². The molecule has 2 rings (SSSR count). The third-order valence-electron chi connectivity index (χ3n) is 3.81. The maximum Gasteiger partial charge on any atom is 0.263 e. The number of aryl methyl sites for hydroxylation is 1. The Morgan fingerprint density at radius 3 is 2.35 bits per heavy atom. The lowest BCUT2D eigenvalue weighted by molar-refractivity contribution is -0.139. The average molecular weight is 276 g/mol. The first-order valence-electron chi connectivity index (χ1n) is 7.34. The Balaban J connectivity index is 1.87. The number of ether oxygens (including phenoxy) is 1. The Morgan fingerprint density at radius 1 is 1.20 bits per heavy atom. The van der Waals surface area contributed by atoms with Gasteiger partial charge >= 0.3 is 0 Å². The summed E-state index contributed by atoms with van der Waals surface area (Å²) < 4.78 is 5.73. The van der Waals surface area contributed by atoms with Crippen LogP contribution in [0.25, 0.3) is 0 Å². The van der Waals surface area contributed by atoms with Crippen molar-refractivity contribution >= 4 is 5.91 Å². The molecule has 1 atom stereocenters. The molecule has 110 valence electrons. The molecule has 20 heavy (non-hydrogen) atoms. The zero-order chi connectivity index (χ0) is 14.5. The van der Waals surface area contributed by atoms with E-state index in [-0.39, 0.29) is 5.91 Å². The predicted octanol–water partition coefficient (Wildman–Crippen LogP) is 1.93. The first-order valence-corrected chi connectivity index (χ1v) is 7.34. The van der Waals surface area contributed by atoms with Crippen LogP contribution in [0.15, 0.2) is 24.3 Å². The highest BCUT2D eigenvalue weighted by molar-refractivity contribution is 5.81. The highest BCUT2D eigenvalue weighted by Crippen LogP contribution is 2.14. The van der Waals surface area contributed by atoms with E-state index < -0.39 is 6.10 Å². The predicted molar refractivity (Wildman–Crippen MR) is 80.0 cm³/mol. The molecule has 0 N–H and O–H groups in total. The Kier molecular flexibility index (Phi) is 5.01. The minimum Gasteiger partial charge on any atom is -0.481 e. The van der Waals surface area contributed by atoms with Gasteiger partial charge in [0.05, 0.1) is 0 Å². The third-order valence-corrected chi connectivity index (χ3v) is 3.81. The first kappa shape index (κ1) is 14.9. The van der Waals surface area contributed by atoms with Crippen molar-refractivity contribution in [2.75, 3.05) is 32.7 Å². The number of carbonyl (C=O) groups is 1. The van der Waals surface area contributed by atoms with E-state index in [1.807, 2.05) is 43.0 Å². The Labute approximate surface area is 121 Å². The molecule has 4 nitrogen and oxygen atoms in total. The number of rotatable bonds is 4. The van der Waals surface area contributed by atoms with E-state index in [1.165, 1.54) is 5.56 Å². The number of benzene rings is 1. The van der Waals surface area contributed by atoms with Gasteiger partial charge in [0.15, 0.2) is 6.10 Å². The Hall–Kier alpha value is -1.55. The number of carbonyl (C=O) groups excluding carboxylic acids is 1. The second-order valence-electron chi connectivity index (χ2n) is 5.33. The largest absolute Gasteiger partial charge is 0.481 e. The molecule has 0 spiro atoms. The highest BCUT2D eigenvalue weighted by atomic mass is 16.5. The van der Waals surface area contributed by atoms with Gasteiger partial charge in [0, 0.05) is 26.2 Å². The van der Waals surface area contributed by atoms with Crippen LogP contribution >= 0.6 is 0 Å². The zero-order valence-electron chi connectivity index (χ0n) is 12.6.